The fourth-order valence-corrected chi connectivity index (χ4v) is 2.06. The lowest BCUT2D eigenvalue weighted by Crippen LogP contribution is -2.11. The van der Waals surface area contributed by atoms with Gasteiger partial charge >= 0.3 is 0 Å². The highest BCUT2D eigenvalue weighted by molar-refractivity contribution is 5.47. The Kier molecular flexibility index (Phi) is 4.56. The van der Waals surface area contributed by atoms with Crippen LogP contribution in [0, 0.1) is 11.6 Å². The zero-order valence-corrected chi connectivity index (χ0v) is 11.5. The molecule has 0 spiro atoms. The third-order valence-corrected chi connectivity index (χ3v) is 3.21. The Hall–Kier alpha value is -2.10. The number of benzene rings is 2. The number of nitrogens with one attached hydrogen (secondary N) is 1. The van der Waals surface area contributed by atoms with Gasteiger partial charge in [-0.1, -0.05) is 25.1 Å². The van der Waals surface area contributed by atoms with Crippen LogP contribution in [0.5, 0.6) is 5.75 Å². The van der Waals surface area contributed by atoms with Gasteiger partial charge in [0, 0.05) is 0 Å². The minimum Gasteiger partial charge on any atom is -0.497 e. The first-order valence-electron chi connectivity index (χ1n) is 6.50. The minimum atomic E-state index is -0.848. The second kappa shape index (κ2) is 6.37. The summed E-state index contributed by atoms with van der Waals surface area (Å²) in [5.74, 6) is -0.931. The molecule has 0 saturated heterocycles. The molecule has 0 aromatic heterocycles. The molecule has 0 heterocycles. The first kappa shape index (κ1) is 14.3. The summed E-state index contributed by atoms with van der Waals surface area (Å²) in [6, 6.07) is 11.6. The van der Waals surface area contributed by atoms with Gasteiger partial charge in [-0.15, -0.1) is 0 Å². The van der Waals surface area contributed by atoms with Gasteiger partial charge < -0.3 is 10.1 Å². The maximum atomic E-state index is 13.7. The summed E-state index contributed by atoms with van der Waals surface area (Å²) in [5.41, 5.74) is 1.17. The summed E-state index contributed by atoms with van der Waals surface area (Å²) in [4.78, 5) is 0. The fourth-order valence-electron chi connectivity index (χ4n) is 2.06. The number of halogens is 2. The molecule has 106 valence electrons. The van der Waals surface area contributed by atoms with E-state index in [1.54, 1.807) is 7.11 Å². The summed E-state index contributed by atoms with van der Waals surface area (Å²) in [6.45, 7) is 1.99. The highest BCUT2D eigenvalue weighted by Crippen LogP contribution is 2.26. The summed E-state index contributed by atoms with van der Waals surface area (Å²) < 4.78 is 32.0. The maximum absolute atomic E-state index is 13.7. The van der Waals surface area contributed by atoms with Crippen molar-refractivity contribution in [1.29, 1.82) is 0 Å². The topological polar surface area (TPSA) is 21.3 Å². The van der Waals surface area contributed by atoms with E-state index in [1.807, 2.05) is 31.2 Å². The van der Waals surface area contributed by atoms with Crippen molar-refractivity contribution in [2.75, 3.05) is 12.4 Å². The molecule has 1 atom stereocenters. The normalized spacial score (nSPS) is 12.0. The lowest BCUT2D eigenvalue weighted by Gasteiger charge is -2.19. The second-order valence-corrected chi connectivity index (χ2v) is 4.48. The van der Waals surface area contributed by atoms with E-state index in [9.17, 15) is 8.78 Å². The molecule has 1 unspecified atom stereocenters. The van der Waals surface area contributed by atoms with Gasteiger partial charge in [-0.3, -0.25) is 0 Å². The molecular formula is C16H17F2NO. The van der Waals surface area contributed by atoms with Crippen LogP contribution in [0.3, 0.4) is 0 Å². The number of methoxy groups -OCH3 is 1. The molecule has 2 rings (SSSR count). The number of rotatable bonds is 5. The van der Waals surface area contributed by atoms with Crippen LogP contribution in [0.4, 0.5) is 14.5 Å². The van der Waals surface area contributed by atoms with Crippen LogP contribution >= 0.6 is 0 Å². The SMILES string of the molecule is CCC(Nc1cccc(F)c1F)c1ccc(OC)cc1. The van der Waals surface area contributed by atoms with Crippen LogP contribution in [0.2, 0.25) is 0 Å². The van der Waals surface area contributed by atoms with Gasteiger partial charge in [0.1, 0.15) is 5.75 Å². The van der Waals surface area contributed by atoms with E-state index in [2.05, 4.69) is 5.32 Å². The molecule has 1 N–H and O–H groups in total. The fraction of sp³-hybridized carbons (Fsp3) is 0.250. The van der Waals surface area contributed by atoms with Crippen molar-refractivity contribution < 1.29 is 13.5 Å². The quantitative estimate of drug-likeness (QED) is 0.866. The molecule has 0 bridgehead atoms. The molecule has 0 aliphatic rings. The van der Waals surface area contributed by atoms with Crippen molar-refractivity contribution in [2.45, 2.75) is 19.4 Å². The van der Waals surface area contributed by atoms with Crippen molar-refractivity contribution in [1.82, 2.24) is 0 Å². The molecule has 0 fully saturated rings. The molecule has 4 heteroatoms. The molecule has 2 aromatic rings. The molecule has 20 heavy (non-hydrogen) atoms. The van der Waals surface area contributed by atoms with Crippen molar-refractivity contribution in [2.24, 2.45) is 0 Å². The van der Waals surface area contributed by atoms with Crippen LogP contribution in [-0.2, 0) is 0 Å². The number of hydrogen-bond acceptors (Lipinski definition) is 2. The summed E-state index contributed by atoms with van der Waals surface area (Å²) in [5, 5.41) is 3.04. The predicted octanol–water partition coefficient (Wildman–Crippen LogP) is 4.54. The average Bonchev–Trinajstić information content (AvgIpc) is 2.49. The van der Waals surface area contributed by atoms with Crippen LogP contribution in [0.15, 0.2) is 42.5 Å². The van der Waals surface area contributed by atoms with Crippen LogP contribution in [0.25, 0.3) is 0 Å². The largest absolute Gasteiger partial charge is 0.497 e. The second-order valence-electron chi connectivity index (χ2n) is 4.48. The van der Waals surface area contributed by atoms with Crippen LogP contribution in [0.1, 0.15) is 24.9 Å². The molecule has 0 aliphatic carbocycles. The van der Waals surface area contributed by atoms with E-state index < -0.39 is 11.6 Å². The van der Waals surface area contributed by atoms with Gasteiger partial charge in [0.15, 0.2) is 11.6 Å². The van der Waals surface area contributed by atoms with E-state index in [4.69, 9.17) is 4.74 Å². The zero-order chi connectivity index (χ0) is 14.5. The number of anilines is 1. The first-order chi connectivity index (χ1) is 9.65. The van der Waals surface area contributed by atoms with Crippen molar-refractivity contribution in [3.63, 3.8) is 0 Å². The van der Waals surface area contributed by atoms with E-state index in [-0.39, 0.29) is 11.7 Å². The molecule has 0 aliphatic heterocycles. The molecule has 0 saturated carbocycles. The Morgan fingerprint density at radius 2 is 1.80 bits per heavy atom. The van der Waals surface area contributed by atoms with E-state index in [0.717, 1.165) is 23.8 Å². The predicted molar refractivity (Wildman–Crippen MR) is 76.0 cm³/mol. The smallest absolute Gasteiger partial charge is 0.181 e. The van der Waals surface area contributed by atoms with Gasteiger partial charge in [-0.25, -0.2) is 8.78 Å². The Bertz CT molecular complexity index is 569. The van der Waals surface area contributed by atoms with E-state index >= 15 is 0 Å². The summed E-state index contributed by atoms with van der Waals surface area (Å²) >= 11 is 0. The highest BCUT2D eigenvalue weighted by Gasteiger charge is 2.13. The van der Waals surface area contributed by atoms with Gasteiger partial charge in [0.2, 0.25) is 0 Å². The average molecular weight is 277 g/mol. The van der Waals surface area contributed by atoms with Gasteiger partial charge in [0.05, 0.1) is 18.8 Å². The van der Waals surface area contributed by atoms with Crippen molar-refractivity contribution in [3.05, 3.63) is 59.7 Å². The van der Waals surface area contributed by atoms with Gasteiger partial charge in [-0.05, 0) is 36.2 Å². The Morgan fingerprint density at radius 1 is 1.10 bits per heavy atom. The molecule has 0 radical (unpaired) electrons. The standard InChI is InChI=1S/C16H17F2NO/c1-3-14(11-7-9-12(20-2)10-8-11)19-15-6-4-5-13(17)16(15)18/h4-10,14,19H,3H2,1-2H3. The lowest BCUT2D eigenvalue weighted by molar-refractivity contribution is 0.414. The number of hydrogen-bond donors (Lipinski definition) is 1. The Balaban J connectivity index is 2.21. The molecule has 2 aromatic carbocycles. The summed E-state index contributed by atoms with van der Waals surface area (Å²) in [7, 11) is 1.60. The molecule has 0 amide bonds. The maximum Gasteiger partial charge on any atom is 0.181 e. The van der Waals surface area contributed by atoms with E-state index in [0.29, 0.717) is 0 Å². The van der Waals surface area contributed by atoms with Crippen LogP contribution in [-0.4, -0.2) is 7.11 Å². The van der Waals surface area contributed by atoms with Crippen LogP contribution < -0.4 is 10.1 Å². The van der Waals surface area contributed by atoms with Crippen molar-refractivity contribution >= 4 is 5.69 Å². The third-order valence-electron chi connectivity index (χ3n) is 3.21. The zero-order valence-electron chi connectivity index (χ0n) is 11.5. The molecular weight excluding hydrogens is 260 g/mol. The minimum absolute atomic E-state index is 0.0859. The van der Waals surface area contributed by atoms with E-state index in [1.165, 1.54) is 12.1 Å². The Labute approximate surface area is 117 Å². The van der Waals surface area contributed by atoms with Gasteiger partial charge in [-0.2, -0.15) is 0 Å². The number of ether oxygens (including phenoxy) is 1. The monoisotopic (exact) mass is 277 g/mol. The summed E-state index contributed by atoms with van der Waals surface area (Å²) in [6.07, 6.45) is 0.752. The third kappa shape index (κ3) is 3.07. The first-order valence-corrected chi connectivity index (χ1v) is 6.50. The van der Waals surface area contributed by atoms with Gasteiger partial charge in [0.25, 0.3) is 0 Å². The lowest BCUT2D eigenvalue weighted by atomic mass is 10.0. The van der Waals surface area contributed by atoms with Crippen molar-refractivity contribution in [3.8, 4) is 5.75 Å². The Morgan fingerprint density at radius 3 is 2.40 bits per heavy atom. The molecule has 2 nitrogen and oxygen atoms in total. The highest BCUT2D eigenvalue weighted by atomic mass is 19.2.